The molecule has 0 bridgehead atoms. The van der Waals surface area contributed by atoms with Gasteiger partial charge in [-0.25, -0.2) is 18.2 Å². The number of hydrogen-bond donors (Lipinski definition) is 2. The van der Waals surface area contributed by atoms with Crippen LogP contribution in [0.1, 0.15) is 10.7 Å². The van der Waals surface area contributed by atoms with Crippen LogP contribution in [0.15, 0.2) is 22.5 Å². The van der Waals surface area contributed by atoms with Crippen molar-refractivity contribution in [3.05, 3.63) is 45.7 Å². The molecule has 0 saturated heterocycles. The lowest BCUT2D eigenvalue weighted by Gasteiger charge is -2.21. The Balaban J connectivity index is 0.00000364. The number of aryl methyl sites for hydroxylation is 1. The van der Waals surface area contributed by atoms with Crippen molar-refractivity contribution in [1.29, 1.82) is 0 Å². The average molecular weight is 513 g/mol. The van der Waals surface area contributed by atoms with Gasteiger partial charge in [-0.15, -0.1) is 35.3 Å². The van der Waals surface area contributed by atoms with E-state index >= 15 is 0 Å². The minimum atomic E-state index is -1.63. The second-order valence-electron chi connectivity index (χ2n) is 5.39. The van der Waals surface area contributed by atoms with Gasteiger partial charge in [0.15, 0.2) is 23.4 Å². The molecule has 0 unspecified atom stereocenters. The number of carbonyl (C=O) groups is 1. The van der Waals surface area contributed by atoms with Crippen LogP contribution in [0.5, 0.6) is 0 Å². The van der Waals surface area contributed by atoms with Gasteiger partial charge >= 0.3 is 0 Å². The van der Waals surface area contributed by atoms with E-state index in [-0.39, 0.29) is 30.5 Å². The summed E-state index contributed by atoms with van der Waals surface area (Å²) in [5, 5.41) is 7.87. The monoisotopic (exact) mass is 513 g/mol. The van der Waals surface area contributed by atoms with Crippen molar-refractivity contribution >= 4 is 52.9 Å². The standard InChI is InChI=1S/C16H18F3N5OS.HI/c1-9-22-10(8-26-9)7-24(3)16(20-2)21-6-13(25)23-12-5-4-11(17)14(18)15(12)19;/h4-5,8H,6-7H2,1-3H3,(H,20,21)(H,23,25);1H. The number of amides is 1. The molecule has 1 aromatic carbocycles. The van der Waals surface area contributed by atoms with Gasteiger partial charge in [0, 0.05) is 19.5 Å². The fourth-order valence-electron chi connectivity index (χ4n) is 2.16. The van der Waals surface area contributed by atoms with Crippen molar-refractivity contribution in [1.82, 2.24) is 15.2 Å². The van der Waals surface area contributed by atoms with Crippen LogP contribution in [0.3, 0.4) is 0 Å². The molecule has 6 nitrogen and oxygen atoms in total. The van der Waals surface area contributed by atoms with E-state index in [4.69, 9.17) is 0 Å². The molecule has 0 spiro atoms. The third-order valence-electron chi connectivity index (χ3n) is 3.36. The van der Waals surface area contributed by atoms with Gasteiger partial charge in [-0.1, -0.05) is 0 Å². The summed E-state index contributed by atoms with van der Waals surface area (Å²) >= 11 is 1.53. The fourth-order valence-corrected chi connectivity index (χ4v) is 2.76. The third-order valence-corrected chi connectivity index (χ3v) is 4.18. The quantitative estimate of drug-likeness (QED) is 0.279. The normalized spacial score (nSPS) is 11.0. The van der Waals surface area contributed by atoms with E-state index in [0.29, 0.717) is 12.5 Å². The first-order valence-corrected chi connectivity index (χ1v) is 8.46. The van der Waals surface area contributed by atoms with Crippen LogP contribution in [0.2, 0.25) is 0 Å². The highest BCUT2D eigenvalue weighted by atomic mass is 127. The molecule has 0 atom stereocenters. The summed E-state index contributed by atoms with van der Waals surface area (Å²) in [6.07, 6.45) is 0. The molecule has 1 aromatic heterocycles. The number of nitrogens with one attached hydrogen (secondary N) is 2. The fraction of sp³-hybridized carbons (Fsp3) is 0.312. The third kappa shape index (κ3) is 6.34. The Kier molecular flexibility index (Phi) is 8.96. The predicted octanol–water partition coefficient (Wildman–Crippen LogP) is 3.13. The zero-order valence-corrected chi connectivity index (χ0v) is 18.0. The van der Waals surface area contributed by atoms with Gasteiger partial charge < -0.3 is 15.5 Å². The number of nitrogens with zero attached hydrogens (tertiary/aromatic N) is 3. The minimum absolute atomic E-state index is 0. The summed E-state index contributed by atoms with van der Waals surface area (Å²) in [4.78, 5) is 22.1. The molecule has 11 heteroatoms. The van der Waals surface area contributed by atoms with Crippen molar-refractivity contribution in [2.45, 2.75) is 13.5 Å². The summed E-state index contributed by atoms with van der Waals surface area (Å²) in [6.45, 7) is 2.16. The SMILES string of the molecule is CN=C(NCC(=O)Nc1ccc(F)c(F)c1F)N(C)Cc1csc(C)n1.I. The molecule has 0 radical (unpaired) electrons. The molecule has 2 rings (SSSR count). The Morgan fingerprint density at radius 2 is 2.00 bits per heavy atom. The van der Waals surface area contributed by atoms with Gasteiger partial charge in [0.1, 0.15) is 0 Å². The van der Waals surface area contributed by atoms with E-state index in [2.05, 4.69) is 20.6 Å². The summed E-state index contributed by atoms with van der Waals surface area (Å²) in [7, 11) is 3.33. The molecule has 1 heterocycles. The first-order valence-electron chi connectivity index (χ1n) is 7.58. The number of rotatable bonds is 5. The lowest BCUT2D eigenvalue weighted by molar-refractivity contribution is -0.115. The van der Waals surface area contributed by atoms with Gasteiger partial charge in [-0.3, -0.25) is 9.79 Å². The van der Waals surface area contributed by atoms with Gasteiger partial charge in [-0.2, -0.15) is 0 Å². The molecule has 0 fully saturated rings. The number of aliphatic imine (C=N–C) groups is 1. The summed E-state index contributed by atoms with van der Waals surface area (Å²) in [5.41, 5.74) is 0.434. The first kappa shape index (κ1) is 23.1. The number of guanidine groups is 1. The molecular formula is C16H19F3IN5OS. The van der Waals surface area contributed by atoms with E-state index in [1.54, 1.807) is 19.0 Å². The number of carbonyl (C=O) groups excluding carboxylic acids is 1. The lowest BCUT2D eigenvalue weighted by Crippen LogP contribution is -2.42. The second-order valence-corrected chi connectivity index (χ2v) is 6.45. The van der Waals surface area contributed by atoms with Crippen LogP contribution in [-0.4, -0.2) is 42.4 Å². The first-order chi connectivity index (χ1) is 12.3. The molecule has 0 aliphatic heterocycles. The highest BCUT2D eigenvalue weighted by Gasteiger charge is 2.16. The zero-order valence-electron chi connectivity index (χ0n) is 14.8. The maximum atomic E-state index is 13.6. The molecular weight excluding hydrogens is 494 g/mol. The van der Waals surface area contributed by atoms with Crippen molar-refractivity contribution < 1.29 is 18.0 Å². The van der Waals surface area contributed by atoms with Crippen molar-refractivity contribution in [3.63, 3.8) is 0 Å². The van der Waals surface area contributed by atoms with Crippen molar-refractivity contribution in [2.24, 2.45) is 4.99 Å². The smallest absolute Gasteiger partial charge is 0.243 e. The highest BCUT2D eigenvalue weighted by Crippen LogP contribution is 2.19. The maximum absolute atomic E-state index is 13.6. The Morgan fingerprint density at radius 3 is 2.59 bits per heavy atom. The topological polar surface area (TPSA) is 69.6 Å². The van der Waals surface area contributed by atoms with Gasteiger partial charge in [0.25, 0.3) is 0 Å². The van der Waals surface area contributed by atoms with Crippen molar-refractivity contribution in [3.8, 4) is 0 Å². The molecule has 2 aromatic rings. The van der Waals surface area contributed by atoms with E-state index in [1.165, 1.54) is 11.3 Å². The average Bonchev–Trinajstić information content (AvgIpc) is 3.00. The molecule has 2 N–H and O–H groups in total. The Morgan fingerprint density at radius 1 is 1.30 bits per heavy atom. The summed E-state index contributed by atoms with van der Waals surface area (Å²) < 4.78 is 39.6. The number of anilines is 1. The highest BCUT2D eigenvalue weighted by molar-refractivity contribution is 14.0. The second kappa shape index (κ2) is 10.4. The van der Waals surface area contributed by atoms with Crippen LogP contribution in [0.25, 0.3) is 0 Å². The summed E-state index contributed by atoms with van der Waals surface area (Å²) in [5.74, 6) is -4.60. The molecule has 0 saturated carbocycles. The number of benzene rings is 1. The number of aromatic nitrogens is 1. The van der Waals surface area contributed by atoms with Gasteiger partial charge in [-0.05, 0) is 19.1 Å². The van der Waals surface area contributed by atoms with Crippen LogP contribution in [-0.2, 0) is 11.3 Å². The van der Waals surface area contributed by atoms with Crippen LogP contribution in [0.4, 0.5) is 18.9 Å². The van der Waals surface area contributed by atoms with Crippen LogP contribution >= 0.6 is 35.3 Å². The van der Waals surface area contributed by atoms with Gasteiger partial charge in [0.2, 0.25) is 5.91 Å². The molecule has 1 amide bonds. The van der Waals surface area contributed by atoms with Crippen LogP contribution < -0.4 is 10.6 Å². The number of thiazole rings is 1. The minimum Gasteiger partial charge on any atom is -0.347 e. The van der Waals surface area contributed by atoms with Crippen molar-refractivity contribution in [2.75, 3.05) is 26.0 Å². The Labute approximate surface area is 175 Å². The molecule has 27 heavy (non-hydrogen) atoms. The maximum Gasteiger partial charge on any atom is 0.243 e. The molecule has 0 aliphatic rings. The predicted molar refractivity (Wildman–Crippen MR) is 110 cm³/mol. The van der Waals surface area contributed by atoms with Crippen LogP contribution in [0, 0.1) is 24.4 Å². The lowest BCUT2D eigenvalue weighted by atomic mass is 10.2. The van der Waals surface area contributed by atoms with E-state index in [1.807, 2.05) is 12.3 Å². The molecule has 0 aliphatic carbocycles. The summed E-state index contributed by atoms with van der Waals surface area (Å²) in [6, 6.07) is 1.70. The number of hydrogen-bond acceptors (Lipinski definition) is 4. The number of halogens is 4. The Hall–Kier alpha value is -1.89. The van der Waals surface area contributed by atoms with E-state index in [0.717, 1.165) is 22.8 Å². The van der Waals surface area contributed by atoms with E-state index < -0.39 is 29.0 Å². The van der Waals surface area contributed by atoms with E-state index in [9.17, 15) is 18.0 Å². The molecule has 148 valence electrons. The van der Waals surface area contributed by atoms with Gasteiger partial charge in [0.05, 0.1) is 29.5 Å². The Bertz CT molecular complexity index is 830. The zero-order chi connectivity index (χ0) is 19.3. The largest absolute Gasteiger partial charge is 0.347 e.